The van der Waals surface area contributed by atoms with E-state index in [-0.39, 0.29) is 0 Å². The van der Waals surface area contributed by atoms with Crippen molar-refractivity contribution in [3.63, 3.8) is 0 Å². The lowest BCUT2D eigenvalue weighted by atomic mass is 10.1. The van der Waals surface area contributed by atoms with Crippen molar-refractivity contribution in [2.24, 2.45) is 0 Å². The summed E-state index contributed by atoms with van der Waals surface area (Å²) in [4.78, 5) is 0. The van der Waals surface area contributed by atoms with Gasteiger partial charge in [-0.05, 0) is 37.6 Å². The van der Waals surface area contributed by atoms with Crippen molar-refractivity contribution in [3.8, 4) is 11.5 Å². The summed E-state index contributed by atoms with van der Waals surface area (Å²) in [5.41, 5.74) is 2.26. The van der Waals surface area contributed by atoms with Crippen LogP contribution in [0.3, 0.4) is 0 Å². The number of nitrogens with one attached hydrogen (secondary N) is 1. The monoisotopic (exact) mass is 283 g/mol. The van der Waals surface area contributed by atoms with Crippen LogP contribution in [0.5, 0.6) is 11.5 Å². The third kappa shape index (κ3) is 4.77. The van der Waals surface area contributed by atoms with E-state index in [1.165, 1.54) is 5.57 Å². The van der Waals surface area contributed by atoms with Gasteiger partial charge in [-0.1, -0.05) is 30.2 Å². The molecule has 1 N–H and O–H groups in total. The molecule has 0 aliphatic carbocycles. The number of benzene rings is 1. The van der Waals surface area contributed by atoms with Gasteiger partial charge in [-0.2, -0.15) is 0 Å². The van der Waals surface area contributed by atoms with Gasteiger partial charge >= 0.3 is 0 Å². The van der Waals surface area contributed by atoms with E-state index < -0.39 is 0 Å². The van der Waals surface area contributed by atoms with Crippen molar-refractivity contribution >= 4 is 17.7 Å². The third-order valence-electron chi connectivity index (χ3n) is 2.70. The summed E-state index contributed by atoms with van der Waals surface area (Å²) in [6.45, 7) is 6.14. The van der Waals surface area contributed by atoms with Crippen LogP contribution in [0.25, 0.3) is 6.08 Å². The zero-order valence-electron chi connectivity index (χ0n) is 12.0. The van der Waals surface area contributed by atoms with Crippen LogP contribution in [0.2, 0.25) is 5.02 Å². The van der Waals surface area contributed by atoms with Crippen LogP contribution >= 0.6 is 11.6 Å². The Hall–Kier alpha value is -1.19. The van der Waals surface area contributed by atoms with E-state index >= 15 is 0 Å². The Balaban J connectivity index is 2.89. The summed E-state index contributed by atoms with van der Waals surface area (Å²) >= 11 is 6.17. The summed E-state index contributed by atoms with van der Waals surface area (Å²) in [6.07, 6.45) is 3.23. The maximum Gasteiger partial charge on any atom is 0.179 e. The van der Waals surface area contributed by atoms with Gasteiger partial charge < -0.3 is 14.8 Å². The van der Waals surface area contributed by atoms with Crippen LogP contribution < -0.4 is 14.8 Å². The summed E-state index contributed by atoms with van der Waals surface area (Å²) < 4.78 is 10.5. The Kier molecular flexibility index (Phi) is 6.74. The van der Waals surface area contributed by atoms with E-state index in [1.807, 2.05) is 12.1 Å². The molecule has 19 heavy (non-hydrogen) atoms. The van der Waals surface area contributed by atoms with Crippen LogP contribution in [0.4, 0.5) is 0 Å². The first-order chi connectivity index (χ1) is 9.12. The standard InChI is InChI=1S/C15H22ClNO2/c1-5-6-17-10-11(2)7-12-8-13(16)15(19-4)14(9-12)18-3/h7-9,17H,5-6,10H2,1-4H3. The number of methoxy groups -OCH3 is 2. The molecule has 0 aliphatic rings. The third-order valence-corrected chi connectivity index (χ3v) is 2.98. The molecule has 1 rings (SSSR count). The van der Waals surface area contributed by atoms with Crippen LogP contribution in [0.1, 0.15) is 25.8 Å². The Labute approximate surface area is 120 Å². The average Bonchev–Trinajstić information content (AvgIpc) is 2.38. The lowest BCUT2D eigenvalue weighted by Crippen LogP contribution is -2.16. The molecule has 0 heterocycles. The number of halogens is 1. The fourth-order valence-electron chi connectivity index (χ4n) is 1.82. The highest BCUT2D eigenvalue weighted by molar-refractivity contribution is 6.32. The van der Waals surface area contributed by atoms with Crippen molar-refractivity contribution in [3.05, 3.63) is 28.3 Å². The number of ether oxygens (including phenoxy) is 2. The quantitative estimate of drug-likeness (QED) is 0.773. The van der Waals surface area contributed by atoms with Crippen LogP contribution in [0.15, 0.2) is 17.7 Å². The molecule has 1 aromatic carbocycles. The number of rotatable bonds is 7. The molecule has 0 saturated carbocycles. The normalized spacial score (nSPS) is 11.5. The fourth-order valence-corrected chi connectivity index (χ4v) is 2.12. The van der Waals surface area contributed by atoms with Crippen molar-refractivity contribution in [2.75, 3.05) is 27.3 Å². The predicted molar refractivity (Wildman–Crippen MR) is 81.4 cm³/mol. The highest BCUT2D eigenvalue weighted by atomic mass is 35.5. The Morgan fingerprint density at radius 1 is 1.32 bits per heavy atom. The second kappa shape index (κ2) is 8.08. The van der Waals surface area contributed by atoms with Gasteiger partial charge in [0.2, 0.25) is 0 Å². The molecule has 0 fully saturated rings. The van der Waals surface area contributed by atoms with Crippen molar-refractivity contribution in [1.29, 1.82) is 0 Å². The Morgan fingerprint density at radius 2 is 2.05 bits per heavy atom. The first-order valence-corrected chi connectivity index (χ1v) is 6.79. The first-order valence-electron chi connectivity index (χ1n) is 6.41. The maximum absolute atomic E-state index is 6.17. The molecule has 0 saturated heterocycles. The zero-order chi connectivity index (χ0) is 14.3. The minimum absolute atomic E-state index is 0.558. The van der Waals surface area contributed by atoms with Gasteiger partial charge in [0.05, 0.1) is 19.2 Å². The summed E-state index contributed by atoms with van der Waals surface area (Å²) in [5, 5.41) is 3.92. The van der Waals surface area contributed by atoms with E-state index in [9.17, 15) is 0 Å². The Morgan fingerprint density at radius 3 is 2.63 bits per heavy atom. The minimum atomic E-state index is 0.558. The minimum Gasteiger partial charge on any atom is -0.493 e. The van der Waals surface area contributed by atoms with Crippen LogP contribution in [-0.4, -0.2) is 27.3 Å². The topological polar surface area (TPSA) is 30.5 Å². The highest BCUT2D eigenvalue weighted by Gasteiger charge is 2.09. The van der Waals surface area contributed by atoms with Crippen LogP contribution in [0, 0.1) is 0 Å². The van der Waals surface area contributed by atoms with E-state index in [2.05, 4.69) is 25.2 Å². The number of hydrogen-bond donors (Lipinski definition) is 1. The lowest BCUT2D eigenvalue weighted by Gasteiger charge is -2.11. The van der Waals surface area contributed by atoms with E-state index in [0.29, 0.717) is 16.5 Å². The van der Waals surface area contributed by atoms with Gasteiger partial charge in [0.15, 0.2) is 11.5 Å². The molecule has 1 aromatic rings. The zero-order valence-corrected chi connectivity index (χ0v) is 12.8. The summed E-state index contributed by atoms with van der Waals surface area (Å²) in [7, 11) is 3.19. The molecule has 0 radical (unpaired) electrons. The molecule has 4 heteroatoms. The van der Waals surface area contributed by atoms with Gasteiger partial charge in [0.1, 0.15) is 0 Å². The smallest absolute Gasteiger partial charge is 0.179 e. The lowest BCUT2D eigenvalue weighted by molar-refractivity contribution is 0.355. The van der Waals surface area contributed by atoms with Gasteiger partial charge in [0.25, 0.3) is 0 Å². The van der Waals surface area contributed by atoms with Gasteiger partial charge in [-0.3, -0.25) is 0 Å². The molecule has 0 aromatic heterocycles. The fraction of sp³-hybridized carbons (Fsp3) is 0.467. The molecule has 3 nitrogen and oxygen atoms in total. The number of hydrogen-bond acceptors (Lipinski definition) is 3. The second-order valence-corrected chi connectivity index (χ2v) is 4.81. The molecule has 0 aliphatic heterocycles. The molecular formula is C15H22ClNO2. The summed E-state index contributed by atoms with van der Waals surface area (Å²) in [6, 6.07) is 3.81. The molecule has 0 atom stereocenters. The summed E-state index contributed by atoms with van der Waals surface area (Å²) in [5.74, 6) is 1.22. The van der Waals surface area contributed by atoms with Gasteiger partial charge in [-0.15, -0.1) is 0 Å². The largest absolute Gasteiger partial charge is 0.493 e. The van der Waals surface area contributed by atoms with Crippen molar-refractivity contribution in [2.45, 2.75) is 20.3 Å². The highest BCUT2D eigenvalue weighted by Crippen LogP contribution is 2.36. The molecule has 0 amide bonds. The van der Waals surface area contributed by atoms with E-state index in [4.69, 9.17) is 21.1 Å². The first kappa shape index (κ1) is 15.9. The average molecular weight is 284 g/mol. The molecule has 0 spiro atoms. The second-order valence-electron chi connectivity index (χ2n) is 4.41. The molecule has 0 unspecified atom stereocenters. The van der Waals surface area contributed by atoms with E-state index in [0.717, 1.165) is 25.1 Å². The molecule has 106 valence electrons. The SMILES string of the molecule is CCCNCC(C)=Cc1cc(Cl)c(OC)c(OC)c1. The van der Waals surface area contributed by atoms with Crippen molar-refractivity contribution in [1.82, 2.24) is 5.32 Å². The van der Waals surface area contributed by atoms with Crippen LogP contribution in [-0.2, 0) is 0 Å². The van der Waals surface area contributed by atoms with Gasteiger partial charge in [0, 0.05) is 6.54 Å². The van der Waals surface area contributed by atoms with Crippen molar-refractivity contribution < 1.29 is 9.47 Å². The predicted octanol–water partition coefficient (Wildman–Crippen LogP) is 3.76. The maximum atomic E-state index is 6.17. The van der Waals surface area contributed by atoms with E-state index in [1.54, 1.807) is 14.2 Å². The molecule has 0 bridgehead atoms. The Bertz CT molecular complexity index is 444. The molecular weight excluding hydrogens is 262 g/mol. The van der Waals surface area contributed by atoms with Gasteiger partial charge in [-0.25, -0.2) is 0 Å².